The topological polar surface area (TPSA) is 0 Å². The van der Waals surface area contributed by atoms with Crippen LogP contribution in [0.15, 0.2) is 9.52 Å². The van der Waals surface area contributed by atoms with Crippen LogP contribution in [0.5, 0.6) is 0 Å². The van der Waals surface area contributed by atoms with Crippen LogP contribution in [-0.2, 0) is 0 Å². The quantitative estimate of drug-likeness (QED) is 0.161. The lowest BCUT2D eigenvalue weighted by Crippen LogP contribution is -2.79. The minimum Gasteiger partial charge on any atom is -0.198 e. The molecule has 0 bridgehead atoms. The highest BCUT2D eigenvalue weighted by molar-refractivity contribution is 9.10. The molecule has 41 heavy (non-hydrogen) atoms. The Morgan fingerprint density at radius 3 is 0.854 bits per heavy atom. The monoisotopic (exact) mass is 790 g/mol. The number of hydrogen-bond acceptors (Lipinski definition) is 0. The van der Waals surface area contributed by atoms with Crippen LogP contribution in [0.1, 0.15) is 0 Å². The molecule has 0 aliphatic rings. The molecule has 0 saturated heterocycles. The van der Waals surface area contributed by atoms with Gasteiger partial charge in [-0.05, 0) is 0 Å². The minimum atomic E-state index is -9.29. The van der Waals surface area contributed by atoms with Gasteiger partial charge in [-0.15, -0.1) is 0 Å². The molecule has 0 aromatic carbocycles. The van der Waals surface area contributed by atoms with E-state index in [1.54, 1.807) is 0 Å². The molecule has 246 valence electrons. The number of allylic oxidation sites excluding steroid dienone is 1. The summed E-state index contributed by atoms with van der Waals surface area (Å²) in [5.74, 6) is -68.5. The number of rotatable bonds is 9. The Kier molecular flexibility index (Phi) is 10.4. The van der Waals surface area contributed by atoms with Crippen LogP contribution >= 0.6 is 50.7 Å². The second-order valence-electron chi connectivity index (χ2n) is 7.31. The van der Waals surface area contributed by atoms with Gasteiger partial charge in [0, 0.05) is 0 Å². The van der Waals surface area contributed by atoms with E-state index >= 15 is 0 Å². The van der Waals surface area contributed by atoms with Gasteiger partial charge in [-0.1, -0.05) is 50.7 Å². The molecule has 0 N–H and O–H groups in total. The highest BCUT2D eigenvalue weighted by Gasteiger charge is 2.98. The molecule has 0 aromatic rings. The molecule has 27 heteroatoms. The molecule has 0 aliphatic heterocycles. The van der Waals surface area contributed by atoms with E-state index in [2.05, 4.69) is 34.8 Å². The fraction of sp³-hybridized carbons (Fsp3) is 0.857. The molecular formula is C14HBrCl3F23. The van der Waals surface area contributed by atoms with Gasteiger partial charge >= 0.3 is 60.0 Å². The lowest BCUT2D eigenvalue weighted by Gasteiger charge is -2.51. The normalized spacial score (nSPS) is 18.2. The van der Waals surface area contributed by atoms with Crippen molar-refractivity contribution in [3.8, 4) is 0 Å². The summed E-state index contributed by atoms with van der Waals surface area (Å²) in [6, 6.07) is 0. The van der Waals surface area contributed by atoms with Gasteiger partial charge in [0.25, 0.3) is 0 Å². The summed E-state index contributed by atoms with van der Waals surface area (Å²) in [5.41, 5.74) is 0. The van der Waals surface area contributed by atoms with Crippen molar-refractivity contribution in [2.75, 3.05) is 0 Å². The predicted molar refractivity (Wildman–Crippen MR) is 92.5 cm³/mol. The maximum absolute atomic E-state index is 14.8. The van der Waals surface area contributed by atoms with Crippen LogP contribution in [0.3, 0.4) is 0 Å². The first-order chi connectivity index (χ1) is 17.2. The Bertz CT molecular complexity index is 1000. The van der Waals surface area contributed by atoms with Crippen molar-refractivity contribution in [3.63, 3.8) is 0 Å². The fourth-order valence-electron chi connectivity index (χ4n) is 2.62. The van der Waals surface area contributed by atoms with Gasteiger partial charge in [0.1, 0.15) is 10.4 Å². The highest BCUT2D eigenvalue weighted by Crippen LogP contribution is 2.71. The molecule has 2 unspecified atom stereocenters. The smallest absolute Gasteiger partial charge is 0.198 e. The number of alkyl halides is 24. The van der Waals surface area contributed by atoms with Gasteiger partial charge < -0.3 is 0 Å². The first kappa shape index (κ1) is 40.5. The van der Waals surface area contributed by atoms with E-state index in [-0.39, 0.29) is 15.9 Å². The average molecular weight is 792 g/mol. The van der Waals surface area contributed by atoms with Crippen molar-refractivity contribution < 1.29 is 101 Å². The Hall–Kier alpha value is -0.520. The zero-order chi connectivity index (χ0) is 34.2. The van der Waals surface area contributed by atoms with Gasteiger partial charge in [0.05, 0.1) is 5.03 Å². The van der Waals surface area contributed by atoms with Crippen molar-refractivity contribution in [3.05, 3.63) is 9.52 Å². The van der Waals surface area contributed by atoms with E-state index in [0.717, 1.165) is 0 Å². The first-order valence-corrected chi connectivity index (χ1v) is 10.4. The van der Waals surface area contributed by atoms with Crippen LogP contribution in [-0.4, -0.2) is 64.3 Å². The standard InChI is InChI=1S/C14HBrCl3F23/c15-4(2(5(19,20)21)1(16)3(17)18,7(24,25)11(32,33)13(36,37)38)6(22,23)8(26,27)9(28,29)10(30,31)12(34,35)14(39,40)41/h2H. The average Bonchev–Trinajstić information content (AvgIpc) is 2.69. The summed E-state index contributed by atoms with van der Waals surface area (Å²) in [5, 5.41) is -3.35. The van der Waals surface area contributed by atoms with Crippen molar-refractivity contribution >= 4 is 50.7 Å². The molecule has 0 fully saturated rings. The van der Waals surface area contributed by atoms with E-state index in [9.17, 15) is 101 Å². The van der Waals surface area contributed by atoms with Gasteiger partial charge in [0.15, 0.2) is 4.32 Å². The Morgan fingerprint density at radius 2 is 0.610 bits per heavy atom. The van der Waals surface area contributed by atoms with E-state index in [4.69, 9.17) is 0 Å². The maximum Gasteiger partial charge on any atom is 0.460 e. The maximum atomic E-state index is 14.8. The molecular weight excluding hydrogens is 791 g/mol. The largest absolute Gasteiger partial charge is 0.460 e. The SMILES string of the molecule is FC(F)(F)C(C(Cl)=C(Cl)Cl)C(Br)(C(F)(F)C(F)(F)C(F)(F)F)C(F)(F)C(F)(F)C(F)(F)C(F)(F)C(F)(F)C(F)(F)F. The lowest BCUT2D eigenvalue weighted by molar-refractivity contribution is -0.452. The van der Waals surface area contributed by atoms with Crippen LogP contribution < -0.4 is 0 Å². The fourth-order valence-corrected chi connectivity index (χ4v) is 4.24. The number of hydrogen-bond donors (Lipinski definition) is 0. The van der Waals surface area contributed by atoms with Crippen LogP contribution in [0.2, 0.25) is 0 Å². The second-order valence-corrected chi connectivity index (χ2v) is 9.92. The van der Waals surface area contributed by atoms with Crippen LogP contribution in [0.4, 0.5) is 101 Å². The summed E-state index contributed by atoms with van der Waals surface area (Å²) in [6.07, 6.45) is -23.8. The molecule has 0 heterocycles. The minimum absolute atomic E-state index is 0.00923. The second kappa shape index (κ2) is 10.5. The molecule has 0 spiro atoms. The summed E-state index contributed by atoms with van der Waals surface area (Å²) in [4.78, 5) is 0. The van der Waals surface area contributed by atoms with Gasteiger partial charge in [-0.3, -0.25) is 0 Å². The molecule has 0 nitrogen and oxygen atoms in total. The van der Waals surface area contributed by atoms with Crippen molar-refractivity contribution in [2.24, 2.45) is 5.92 Å². The van der Waals surface area contributed by atoms with Crippen LogP contribution in [0, 0.1) is 5.92 Å². The summed E-state index contributed by atoms with van der Waals surface area (Å²) in [6.45, 7) is 0. The lowest BCUT2D eigenvalue weighted by atomic mass is 9.74. The van der Waals surface area contributed by atoms with Gasteiger partial charge in [0.2, 0.25) is 0 Å². The zero-order valence-electron chi connectivity index (χ0n) is 17.3. The summed E-state index contributed by atoms with van der Waals surface area (Å²) < 4.78 is 299. The third-order valence-corrected chi connectivity index (χ3v) is 7.22. The molecule has 0 rings (SSSR count). The van der Waals surface area contributed by atoms with E-state index < -0.39 is 79.8 Å². The Labute approximate surface area is 231 Å². The Balaban J connectivity index is 8.40. The molecule has 0 aliphatic carbocycles. The van der Waals surface area contributed by atoms with Crippen molar-refractivity contribution in [2.45, 2.75) is 64.3 Å². The summed E-state index contributed by atoms with van der Waals surface area (Å²) >= 11 is 13.6. The number of halogens is 27. The molecule has 2 atom stereocenters. The van der Waals surface area contributed by atoms with E-state index in [1.807, 2.05) is 0 Å². The Morgan fingerprint density at radius 1 is 0.390 bits per heavy atom. The molecule has 0 aromatic heterocycles. The zero-order valence-corrected chi connectivity index (χ0v) is 21.1. The van der Waals surface area contributed by atoms with Gasteiger partial charge in [-0.25, -0.2) is 0 Å². The summed E-state index contributed by atoms with van der Waals surface area (Å²) in [7, 11) is 0. The van der Waals surface area contributed by atoms with Gasteiger partial charge in [-0.2, -0.15) is 101 Å². The molecule has 0 amide bonds. The first-order valence-electron chi connectivity index (χ1n) is 8.47. The molecule has 0 saturated carbocycles. The van der Waals surface area contributed by atoms with Crippen molar-refractivity contribution in [1.29, 1.82) is 0 Å². The highest BCUT2D eigenvalue weighted by atomic mass is 79.9. The van der Waals surface area contributed by atoms with Crippen molar-refractivity contribution in [1.82, 2.24) is 0 Å². The third kappa shape index (κ3) is 5.49. The van der Waals surface area contributed by atoms with E-state index in [0.29, 0.717) is 0 Å². The predicted octanol–water partition coefficient (Wildman–Crippen LogP) is 10.8. The molecule has 0 radical (unpaired) electrons. The third-order valence-electron chi connectivity index (χ3n) is 4.76. The van der Waals surface area contributed by atoms with E-state index in [1.165, 1.54) is 0 Å². The van der Waals surface area contributed by atoms with Crippen LogP contribution in [0.25, 0.3) is 0 Å².